The summed E-state index contributed by atoms with van der Waals surface area (Å²) in [5.74, 6) is 0.903. The van der Waals surface area contributed by atoms with Crippen LogP contribution in [0.25, 0.3) is 0 Å². The highest BCUT2D eigenvalue weighted by atomic mass is 32.2. The molecular weight excluding hydrogens is 228 g/mol. The number of pyridine rings is 1. The van der Waals surface area contributed by atoms with Crippen molar-refractivity contribution in [2.75, 3.05) is 12.4 Å². The first-order valence-corrected chi connectivity index (χ1v) is 6.40. The molecule has 1 aromatic carbocycles. The lowest BCUT2D eigenvalue weighted by Crippen LogP contribution is -1.92. The highest BCUT2D eigenvalue weighted by Crippen LogP contribution is 2.29. The molecule has 0 fully saturated rings. The monoisotopic (exact) mass is 244 g/mol. The number of benzene rings is 1. The molecule has 0 saturated heterocycles. The molecule has 2 rings (SSSR count). The Hall–Kier alpha value is -1.48. The van der Waals surface area contributed by atoms with Crippen LogP contribution in [0.2, 0.25) is 0 Å². The van der Waals surface area contributed by atoms with E-state index in [4.69, 9.17) is 0 Å². The van der Waals surface area contributed by atoms with Crippen molar-refractivity contribution >= 4 is 17.6 Å². The Morgan fingerprint density at radius 3 is 2.65 bits per heavy atom. The second-order valence-corrected chi connectivity index (χ2v) is 5.04. The molecule has 0 spiro atoms. The van der Waals surface area contributed by atoms with Gasteiger partial charge in [-0.1, -0.05) is 35.5 Å². The van der Waals surface area contributed by atoms with Crippen LogP contribution in [0.5, 0.6) is 0 Å². The molecule has 3 heteroatoms. The van der Waals surface area contributed by atoms with Gasteiger partial charge in [0.05, 0.1) is 0 Å². The van der Waals surface area contributed by atoms with Crippen LogP contribution in [-0.4, -0.2) is 12.0 Å². The molecule has 1 N–H and O–H groups in total. The van der Waals surface area contributed by atoms with Crippen molar-refractivity contribution in [1.29, 1.82) is 0 Å². The van der Waals surface area contributed by atoms with Gasteiger partial charge in [-0.3, -0.25) is 0 Å². The molecule has 17 heavy (non-hydrogen) atoms. The first kappa shape index (κ1) is 12.0. The van der Waals surface area contributed by atoms with Crippen LogP contribution >= 0.6 is 11.8 Å². The first-order chi connectivity index (χ1) is 8.19. The van der Waals surface area contributed by atoms with Crippen molar-refractivity contribution in [2.45, 2.75) is 23.8 Å². The van der Waals surface area contributed by atoms with Crippen LogP contribution in [0.1, 0.15) is 11.1 Å². The average Bonchev–Trinajstić information content (AvgIpc) is 2.33. The van der Waals surface area contributed by atoms with Gasteiger partial charge in [0.1, 0.15) is 10.8 Å². The highest BCUT2D eigenvalue weighted by molar-refractivity contribution is 7.99. The molecule has 88 valence electrons. The normalized spacial score (nSPS) is 10.3. The van der Waals surface area contributed by atoms with Crippen LogP contribution in [0.3, 0.4) is 0 Å². The van der Waals surface area contributed by atoms with Gasteiger partial charge in [-0.2, -0.15) is 0 Å². The maximum Gasteiger partial charge on any atom is 0.127 e. The van der Waals surface area contributed by atoms with Crippen LogP contribution in [0, 0.1) is 13.8 Å². The van der Waals surface area contributed by atoms with Gasteiger partial charge in [-0.15, -0.1) is 0 Å². The van der Waals surface area contributed by atoms with Crippen molar-refractivity contribution in [1.82, 2.24) is 4.98 Å². The van der Waals surface area contributed by atoms with Gasteiger partial charge in [-0.05, 0) is 37.6 Å². The molecule has 2 aromatic rings. The number of hydrogen-bond donors (Lipinski definition) is 1. The zero-order valence-corrected chi connectivity index (χ0v) is 11.1. The summed E-state index contributed by atoms with van der Waals surface area (Å²) >= 11 is 1.70. The molecule has 1 aromatic heterocycles. The summed E-state index contributed by atoms with van der Waals surface area (Å²) < 4.78 is 0. The smallest absolute Gasteiger partial charge is 0.127 e. The summed E-state index contributed by atoms with van der Waals surface area (Å²) in [4.78, 5) is 5.76. The Morgan fingerprint density at radius 2 is 1.94 bits per heavy atom. The Morgan fingerprint density at radius 1 is 1.12 bits per heavy atom. The van der Waals surface area contributed by atoms with E-state index in [-0.39, 0.29) is 0 Å². The minimum atomic E-state index is 0.903. The predicted molar refractivity (Wildman–Crippen MR) is 73.8 cm³/mol. The standard InChI is InChI=1S/C14H16N2S/c1-10-7-8-12(11(2)9-10)17-14-6-4-5-13(15-3)16-14/h4-9H,1-3H3,(H,15,16). The molecule has 0 saturated carbocycles. The van der Waals surface area contributed by atoms with E-state index in [1.165, 1.54) is 16.0 Å². The van der Waals surface area contributed by atoms with Gasteiger partial charge in [0.15, 0.2) is 0 Å². The topological polar surface area (TPSA) is 24.9 Å². The molecule has 2 nitrogen and oxygen atoms in total. The lowest BCUT2D eigenvalue weighted by atomic mass is 10.2. The number of hydrogen-bond acceptors (Lipinski definition) is 3. The zero-order chi connectivity index (χ0) is 12.3. The van der Waals surface area contributed by atoms with E-state index in [0.29, 0.717) is 0 Å². The molecule has 0 amide bonds. The number of aromatic nitrogens is 1. The molecule has 0 atom stereocenters. The maximum absolute atomic E-state index is 4.50. The van der Waals surface area contributed by atoms with Crippen molar-refractivity contribution < 1.29 is 0 Å². The molecule has 0 bridgehead atoms. The van der Waals surface area contributed by atoms with Crippen molar-refractivity contribution in [3.05, 3.63) is 47.5 Å². The molecule has 0 unspecified atom stereocenters. The van der Waals surface area contributed by atoms with E-state index in [0.717, 1.165) is 10.8 Å². The van der Waals surface area contributed by atoms with Crippen molar-refractivity contribution in [2.24, 2.45) is 0 Å². The first-order valence-electron chi connectivity index (χ1n) is 5.59. The van der Waals surface area contributed by atoms with Crippen LogP contribution in [0.4, 0.5) is 5.82 Å². The zero-order valence-electron chi connectivity index (χ0n) is 10.3. The Labute approximate surface area is 106 Å². The third kappa shape index (κ3) is 3.01. The highest BCUT2D eigenvalue weighted by Gasteiger charge is 2.03. The van der Waals surface area contributed by atoms with Crippen molar-refractivity contribution in [3.63, 3.8) is 0 Å². The molecule has 0 aliphatic rings. The molecule has 0 radical (unpaired) electrons. The summed E-state index contributed by atoms with van der Waals surface area (Å²) in [6.07, 6.45) is 0. The van der Waals surface area contributed by atoms with Gasteiger partial charge in [0, 0.05) is 11.9 Å². The Balaban J connectivity index is 2.25. The predicted octanol–water partition coefficient (Wildman–Crippen LogP) is 3.89. The van der Waals surface area contributed by atoms with E-state index in [1.807, 2.05) is 25.2 Å². The summed E-state index contributed by atoms with van der Waals surface area (Å²) in [5.41, 5.74) is 2.59. The maximum atomic E-state index is 4.50. The molecule has 1 heterocycles. The van der Waals surface area contributed by atoms with Crippen LogP contribution in [0.15, 0.2) is 46.3 Å². The summed E-state index contributed by atoms with van der Waals surface area (Å²) in [6.45, 7) is 4.25. The van der Waals surface area contributed by atoms with E-state index < -0.39 is 0 Å². The minimum Gasteiger partial charge on any atom is -0.373 e. The summed E-state index contributed by atoms with van der Waals surface area (Å²) in [5, 5.41) is 4.07. The van der Waals surface area contributed by atoms with Gasteiger partial charge in [0.25, 0.3) is 0 Å². The molecule has 0 aliphatic carbocycles. The fourth-order valence-corrected chi connectivity index (χ4v) is 2.51. The second kappa shape index (κ2) is 5.23. The van der Waals surface area contributed by atoms with Crippen molar-refractivity contribution in [3.8, 4) is 0 Å². The Bertz CT molecular complexity index is 523. The number of rotatable bonds is 3. The number of nitrogens with one attached hydrogen (secondary N) is 1. The van der Waals surface area contributed by atoms with Crippen LogP contribution in [-0.2, 0) is 0 Å². The molecular formula is C14H16N2S. The van der Waals surface area contributed by atoms with Gasteiger partial charge in [-0.25, -0.2) is 4.98 Å². The lowest BCUT2D eigenvalue weighted by molar-refractivity contribution is 1.12. The van der Waals surface area contributed by atoms with Gasteiger partial charge in [0.2, 0.25) is 0 Å². The SMILES string of the molecule is CNc1cccc(Sc2ccc(C)cc2C)n1. The van der Waals surface area contributed by atoms with E-state index in [9.17, 15) is 0 Å². The molecule has 0 aliphatic heterocycles. The van der Waals surface area contributed by atoms with Gasteiger partial charge >= 0.3 is 0 Å². The number of anilines is 1. The summed E-state index contributed by atoms with van der Waals surface area (Å²) in [6, 6.07) is 12.5. The minimum absolute atomic E-state index is 0.903. The number of nitrogens with zero attached hydrogens (tertiary/aromatic N) is 1. The largest absolute Gasteiger partial charge is 0.373 e. The third-order valence-corrected chi connectivity index (χ3v) is 3.64. The average molecular weight is 244 g/mol. The van der Waals surface area contributed by atoms with Crippen LogP contribution < -0.4 is 5.32 Å². The van der Waals surface area contributed by atoms with Gasteiger partial charge < -0.3 is 5.32 Å². The second-order valence-electron chi connectivity index (χ2n) is 3.98. The fourth-order valence-electron chi connectivity index (χ4n) is 1.64. The third-order valence-electron chi connectivity index (χ3n) is 2.52. The quantitative estimate of drug-likeness (QED) is 0.886. The van der Waals surface area contributed by atoms with E-state index in [2.05, 4.69) is 42.3 Å². The fraction of sp³-hybridized carbons (Fsp3) is 0.214. The van der Waals surface area contributed by atoms with E-state index in [1.54, 1.807) is 11.8 Å². The van der Waals surface area contributed by atoms with E-state index >= 15 is 0 Å². The lowest BCUT2D eigenvalue weighted by Gasteiger charge is -2.07. The Kier molecular flexibility index (Phi) is 3.69. The summed E-state index contributed by atoms with van der Waals surface area (Å²) in [7, 11) is 1.88. The number of aryl methyl sites for hydroxylation is 2.